The van der Waals surface area contributed by atoms with Gasteiger partial charge in [-0.15, -0.1) is 0 Å². The van der Waals surface area contributed by atoms with E-state index in [1.165, 1.54) is 70.2 Å². The monoisotopic (exact) mass is 297 g/mol. The summed E-state index contributed by atoms with van der Waals surface area (Å²) in [5, 5.41) is 3.56. The molecule has 0 aromatic rings. The van der Waals surface area contributed by atoms with Gasteiger partial charge in [0.05, 0.1) is 0 Å². The quantitative estimate of drug-likeness (QED) is 0.479. The zero-order valence-electron chi connectivity index (χ0n) is 13.3. The number of unbranched alkanes of at least 4 members (excludes halogenated alkanes) is 1. The molecule has 1 N–H and O–H groups in total. The van der Waals surface area contributed by atoms with E-state index in [0.29, 0.717) is 5.41 Å². The fourth-order valence-electron chi connectivity index (χ4n) is 3.73. The summed E-state index contributed by atoms with van der Waals surface area (Å²) in [7, 11) is 1.93. The Bertz CT molecular complexity index is 311. The van der Waals surface area contributed by atoms with Crippen molar-refractivity contribution in [2.45, 2.75) is 51.4 Å². The molecule has 116 valence electrons. The van der Waals surface area contributed by atoms with E-state index in [0.717, 1.165) is 12.5 Å². The van der Waals surface area contributed by atoms with Crippen molar-refractivity contribution in [2.75, 3.05) is 38.7 Å². The second-order valence-electron chi connectivity index (χ2n) is 6.41. The first-order valence-electron chi connectivity index (χ1n) is 8.24. The van der Waals surface area contributed by atoms with Crippen LogP contribution in [0.1, 0.15) is 51.4 Å². The van der Waals surface area contributed by atoms with Gasteiger partial charge >= 0.3 is 0 Å². The molecule has 0 amide bonds. The highest BCUT2D eigenvalue weighted by Gasteiger charge is 2.39. The Morgan fingerprint density at radius 2 is 2.00 bits per heavy atom. The van der Waals surface area contributed by atoms with Gasteiger partial charge in [0.15, 0.2) is 5.96 Å². The Morgan fingerprint density at radius 1 is 1.20 bits per heavy atom. The summed E-state index contributed by atoms with van der Waals surface area (Å²) in [6, 6.07) is 0. The van der Waals surface area contributed by atoms with E-state index in [2.05, 4.69) is 21.5 Å². The molecule has 2 rings (SSSR count). The molecule has 1 aliphatic heterocycles. The zero-order chi connectivity index (χ0) is 14.3. The van der Waals surface area contributed by atoms with E-state index in [-0.39, 0.29) is 0 Å². The lowest BCUT2D eigenvalue weighted by Gasteiger charge is -2.33. The molecule has 3 nitrogen and oxygen atoms in total. The Balaban J connectivity index is 1.75. The first-order chi connectivity index (χ1) is 9.79. The van der Waals surface area contributed by atoms with Gasteiger partial charge in [-0.3, -0.25) is 4.99 Å². The van der Waals surface area contributed by atoms with Gasteiger partial charge in [-0.05, 0) is 49.5 Å². The predicted molar refractivity (Wildman–Crippen MR) is 90.7 cm³/mol. The van der Waals surface area contributed by atoms with E-state index in [4.69, 9.17) is 0 Å². The summed E-state index contributed by atoms with van der Waals surface area (Å²) in [5.74, 6) is 2.41. The van der Waals surface area contributed by atoms with Crippen LogP contribution < -0.4 is 5.32 Å². The van der Waals surface area contributed by atoms with E-state index >= 15 is 0 Å². The number of rotatable bonds is 5. The molecule has 0 radical (unpaired) electrons. The summed E-state index contributed by atoms with van der Waals surface area (Å²) in [4.78, 5) is 6.99. The predicted octanol–water partition coefficient (Wildman–Crippen LogP) is 3.36. The van der Waals surface area contributed by atoms with Crippen LogP contribution in [0.5, 0.6) is 0 Å². The van der Waals surface area contributed by atoms with Gasteiger partial charge in [0.2, 0.25) is 0 Å². The molecule has 2 fully saturated rings. The minimum absolute atomic E-state index is 0.620. The Morgan fingerprint density at radius 3 is 2.70 bits per heavy atom. The van der Waals surface area contributed by atoms with Crippen molar-refractivity contribution in [2.24, 2.45) is 10.4 Å². The first-order valence-corrected chi connectivity index (χ1v) is 9.64. The number of likely N-dealkylation sites (tertiary alicyclic amines) is 1. The van der Waals surface area contributed by atoms with E-state index in [1.807, 2.05) is 18.8 Å². The molecule has 1 saturated heterocycles. The third-order valence-electron chi connectivity index (χ3n) is 4.92. The number of thioether (sulfide) groups is 1. The van der Waals surface area contributed by atoms with Gasteiger partial charge in [0.25, 0.3) is 0 Å². The normalized spacial score (nSPS) is 22.5. The van der Waals surface area contributed by atoms with Crippen molar-refractivity contribution in [3.63, 3.8) is 0 Å². The number of hydrogen-bond donors (Lipinski definition) is 1. The highest BCUT2D eigenvalue weighted by molar-refractivity contribution is 7.98. The third-order valence-corrected chi connectivity index (χ3v) is 5.62. The highest BCUT2D eigenvalue weighted by atomic mass is 32.2. The van der Waals surface area contributed by atoms with Crippen molar-refractivity contribution >= 4 is 17.7 Å². The maximum atomic E-state index is 4.49. The largest absolute Gasteiger partial charge is 0.356 e. The van der Waals surface area contributed by atoms with E-state index in [1.54, 1.807) is 0 Å². The summed E-state index contributed by atoms with van der Waals surface area (Å²) in [5.41, 5.74) is 0.620. The van der Waals surface area contributed by atoms with Crippen molar-refractivity contribution < 1.29 is 0 Å². The Hall–Kier alpha value is -0.380. The molecule has 0 bridgehead atoms. The second kappa shape index (κ2) is 8.16. The molecular formula is C16H31N3S. The topological polar surface area (TPSA) is 27.6 Å². The van der Waals surface area contributed by atoms with Gasteiger partial charge in [-0.1, -0.05) is 19.3 Å². The molecule has 1 heterocycles. The molecule has 2 aliphatic rings. The molecule has 20 heavy (non-hydrogen) atoms. The van der Waals surface area contributed by atoms with Crippen LogP contribution in [-0.2, 0) is 0 Å². The smallest absolute Gasteiger partial charge is 0.193 e. The van der Waals surface area contributed by atoms with Crippen molar-refractivity contribution in [3.8, 4) is 0 Å². The first kappa shape index (κ1) is 16.0. The van der Waals surface area contributed by atoms with Gasteiger partial charge in [-0.2, -0.15) is 11.8 Å². The van der Waals surface area contributed by atoms with Crippen molar-refractivity contribution in [1.82, 2.24) is 10.2 Å². The average Bonchev–Trinajstić information content (AvgIpc) is 2.87. The fraction of sp³-hybridized carbons (Fsp3) is 0.938. The molecule has 1 saturated carbocycles. The molecule has 4 heteroatoms. The lowest BCUT2D eigenvalue weighted by atomic mass is 9.73. The number of guanidine groups is 1. The third kappa shape index (κ3) is 4.31. The van der Waals surface area contributed by atoms with Crippen LogP contribution in [0.15, 0.2) is 4.99 Å². The van der Waals surface area contributed by atoms with Crippen LogP contribution in [0, 0.1) is 5.41 Å². The second-order valence-corrected chi connectivity index (χ2v) is 7.39. The standard InChI is InChI=1S/C16H31N3S/c1-17-15(18-11-6-7-13-20-2)19-12-10-16(14-19)8-4-3-5-9-16/h3-14H2,1-2H3,(H,17,18). The van der Waals surface area contributed by atoms with Crippen LogP contribution in [-0.4, -0.2) is 49.6 Å². The molecule has 0 unspecified atom stereocenters. The molecule has 0 atom stereocenters. The summed E-state index contributed by atoms with van der Waals surface area (Å²) in [6.45, 7) is 3.50. The van der Waals surface area contributed by atoms with Crippen LogP contribution in [0.4, 0.5) is 0 Å². The van der Waals surface area contributed by atoms with E-state index < -0.39 is 0 Å². The summed E-state index contributed by atoms with van der Waals surface area (Å²) >= 11 is 1.94. The van der Waals surface area contributed by atoms with Crippen molar-refractivity contribution in [3.05, 3.63) is 0 Å². The van der Waals surface area contributed by atoms with E-state index in [9.17, 15) is 0 Å². The van der Waals surface area contributed by atoms with Gasteiger partial charge in [-0.25, -0.2) is 0 Å². The maximum absolute atomic E-state index is 4.49. The fourth-order valence-corrected chi connectivity index (χ4v) is 4.22. The molecule has 1 aliphatic carbocycles. The Kier molecular flexibility index (Phi) is 6.53. The number of aliphatic imine (C=N–C) groups is 1. The number of hydrogen-bond acceptors (Lipinski definition) is 2. The maximum Gasteiger partial charge on any atom is 0.193 e. The molecular weight excluding hydrogens is 266 g/mol. The molecule has 1 spiro atoms. The minimum Gasteiger partial charge on any atom is -0.356 e. The van der Waals surface area contributed by atoms with Crippen LogP contribution in [0.25, 0.3) is 0 Å². The average molecular weight is 298 g/mol. The van der Waals surface area contributed by atoms with Gasteiger partial charge in [0.1, 0.15) is 0 Å². The zero-order valence-corrected chi connectivity index (χ0v) is 14.1. The Labute approximate surface area is 129 Å². The summed E-state index contributed by atoms with van der Waals surface area (Å²) in [6.07, 6.45) is 13.3. The highest BCUT2D eigenvalue weighted by Crippen LogP contribution is 2.43. The minimum atomic E-state index is 0.620. The van der Waals surface area contributed by atoms with Gasteiger partial charge in [0, 0.05) is 26.7 Å². The van der Waals surface area contributed by atoms with Crippen LogP contribution in [0.3, 0.4) is 0 Å². The summed E-state index contributed by atoms with van der Waals surface area (Å²) < 4.78 is 0. The van der Waals surface area contributed by atoms with Crippen molar-refractivity contribution in [1.29, 1.82) is 0 Å². The molecule has 0 aromatic heterocycles. The molecule has 0 aromatic carbocycles. The lowest BCUT2D eigenvalue weighted by molar-refractivity contribution is 0.203. The van der Waals surface area contributed by atoms with Crippen LogP contribution >= 0.6 is 11.8 Å². The number of nitrogens with zero attached hydrogens (tertiary/aromatic N) is 2. The lowest BCUT2D eigenvalue weighted by Crippen LogP contribution is -2.42. The van der Waals surface area contributed by atoms with Crippen LogP contribution in [0.2, 0.25) is 0 Å². The SMILES string of the molecule is CN=C(NCCCCSC)N1CCC2(CCCCC2)C1. The number of nitrogens with one attached hydrogen (secondary N) is 1. The van der Waals surface area contributed by atoms with Gasteiger partial charge < -0.3 is 10.2 Å².